The van der Waals surface area contributed by atoms with Crippen molar-refractivity contribution in [3.63, 3.8) is 0 Å². The van der Waals surface area contributed by atoms with Crippen LogP contribution in [-0.2, 0) is 17.6 Å². The molecular formula is C17H13N3O2S. The van der Waals surface area contributed by atoms with Crippen LogP contribution < -0.4 is 5.32 Å². The van der Waals surface area contributed by atoms with Crippen LogP contribution in [-0.4, -0.2) is 5.91 Å². The molecule has 0 saturated heterocycles. The van der Waals surface area contributed by atoms with Crippen LogP contribution in [0.3, 0.4) is 0 Å². The number of nitriles is 2. The highest BCUT2D eigenvalue weighted by Crippen LogP contribution is 2.37. The van der Waals surface area contributed by atoms with E-state index in [0.717, 1.165) is 36.1 Å². The topological polar surface area (TPSA) is 89.8 Å². The van der Waals surface area contributed by atoms with Crippen molar-refractivity contribution in [2.24, 2.45) is 0 Å². The summed E-state index contributed by atoms with van der Waals surface area (Å²) in [7, 11) is 0. The van der Waals surface area contributed by atoms with Crippen LogP contribution in [0.2, 0.25) is 0 Å². The van der Waals surface area contributed by atoms with Gasteiger partial charge in [-0.25, -0.2) is 0 Å². The number of carbonyl (C=O) groups is 1. The summed E-state index contributed by atoms with van der Waals surface area (Å²) in [5.74, 6) is -0.0957. The van der Waals surface area contributed by atoms with Gasteiger partial charge in [0.05, 0.1) is 11.8 Å². The van der Waals surface area contributed by atoms with Gasteiger partial charge in [-0.2, -0.15) is 10.5 Å². The molecule has 2 aromatic heterocycles. The van der Waals surface area contributed by atoms with E-state index in [0.29, 0.717) is 16.3 Å². The van der Waals surface area contributed by atoms with Crippen LogP contribution in [0.5, 0.6) is 0 Å². The number of rotatable bonds is 3. The molecule has 2 heterocycles. The van der Waals surface area contributed by atoms with E-state index in [4.69, 9.17) is 4.42 Å². The van der Waals surface area contributed by atoms with E-state index < -0.39 is 5.91 Å². The van der Waals surface area contributed by atoms with Crippen molar-refractivity contribution >= 4 is 28.3 Å². The molecule has 23 heavy (non-hydrogen) atoms. The summed E-state index contributed by atoms with van der Waals surface area (Å²) in [6.45, 7) is 0. The highest BCUT2D eigenvalue weighted by Gasteiger charge is 2.22. The summed E-state index contributed by atoms with van der Waals surface area (Å²) in [5, 5.41) is 21.8. The molecule has 1 amide bonds. The Kier molecular flexibility index (Phi) is 4.27. The Morgan fingerprint density at radius 2 is 2.17 bits per heavy atom. The first kappa shape index (κ1) is 15.1. The molecule has 0 unspecified atom stereocenters. The van der Waals surface area contributed by atoms with Crippen LogP contribution >= 0.6 is 11.3 Å². The molecule has 0 atom stereocenters. The molecule has 0 spiro atoms. The Hall–Kier alpha value is -2.83. The zero-order valence-electron chi connectivity index (χ0n) is 12.3. The van der Waals surface area contributed by atoms with Crippen molar-refractivity contribution in [2.75, 3.05) is 5.32 Å². The molecule has 114 valence electrons. The second kappa shape index (κ2) is 6.51. The van der Waals surface area contributed by atoms with E-state index in [1.165, 1.54) is 23.7 Å². The third kappa shape index (κ3) is 3.03. The molecule has 2 aromatic rings. The van der Waals surface area contributed by atoms with Crippen molar-refractivity contribution in [3.05, 3.63) is 45.7 Å². The standard InChI is InChI=1S/C17H13N3O2S/c18-9-11(8-12-4-3-7-22-12)16(21)20-17-14(10-19)13-5-1-2-6-15(13)23-17/h3-4,7-8H,1-2,5-6H2,(H,20,21)/b11-8+. The van der Waals surface area contributed by atoms with Gasteiger partial charge in [-0.15, -0.1) is 11.3 Å². The van der Waals surface area contributed by atoms with Gasteiger partial charge in [0.15, 0.2) is 0 Å². The Labute approximate surface area is 137 Å². The van der Waals surface area contributed by atoms with Crippen molar-refractivity contribution < 1.29 is 9.21 Å². The lowest BCUT2D eigenvalue weighted by Gasteiger charge is -2.09. The van der Waals surface area contributed by atoms with E-state index in [2.05, 4.69) is 11.4 Å². The maximum Gasteiger partial charge on any atom is 0.267 e. The van der Waals surface area contributed by atoms with Crippen LogP contribution in [0.15, 0.2) is 28.4 Å². The van der Waals surface area contributed by atoms with Gasteiger partial charge in [-0.3, -0.25) is 4.79 Å². The minimum Gasteiger partial charge on any atom is -0.465 e. The summed E-state index contributed by atoms with van der Waals surface area (Å²) < 4.78 is 5.12. The average Bonchev–Trinajstić information content (AvgIpc) is 3.19. The highest BCUT2D eigenvalue weighted by molar-refractivity contribution is 7.16. The predicted octanol–water partition coefficient (Wildman–Crippen LogP) is 3.64. The first-order valence-corrected chi connectivity index (χ1v) is 8.06. The Balaban J connectivity index is 1.87. The third-order valence-corrected chi connectivity index (χ3v) is 4.91. The molecule has 0 aliphatic heterocycles. The normalized spacial score (nSPS) is 13.7. The Bertz CT molecular complexity index is 848. The number of furan rings is 1. The summed E-state index contributed by atoms with van der Waals surface area (Å²) in [4.78, 5) is 13.5. The molecule has 1 aliphatic rings. The third-order valence-electron chi connectivity index (χ3n) is 3.71. The number of aryl methyl sites for hydroxylation is 1. The van der Waals surface area contributed by atoms with E-state index >= 15 is 0 Å². The molecule has 1 N–H and O–H groups in total. The van der Waals surface area contributed by atoms with Crippen molar-refractivity contribution in [1.29, 1.82) is 10.5 Å². The molecule has 0 aromatic carbocycles. The molecule has 0 saturated carbocycles. The van der Waals surface area contributed by atoms with Gasteiger partial charge in [-0.05, 0) is 43.4 Å². The number of thiophene rings is 1. The highest BCUT2D eigenvalue weighted by atomic mass is 32.1. The maximum absolute atomic E-state index is 12.3. The minimum absolute atomic E-state index is 0.0600. The number of amides is 1. The van der Waals surface area contributed by atoms with Crippen molar-refractivity contribution in [1.82, 2.24) is 0 Å². The lowest BCUT2D eigenvalue weighted by molar-refractivity contribution is -0.112. The van der Waals surface area contributed by atoms with Gasteiger partial charge in [0.25, 0.3) is 5.91 Å². The smallest absolute Gasteiger partial charge is 0.267 e. The number of carbonyl (C=O) groups excluding carboxylic acids is 1. The first-order chi connectivity index (χ1) is 11.2. The second-order valence-corrected chi connectivity index (χ2v) is 6.27. The van der Waals surface area contributed by atoms with Crippen molar-refractivity contribution in [3.8, 4) is 12.1 Å². The molecule has 1 aliphatic carbocycles. The predicted molar refractivity (Wildman–Crippen MR) is 86.6 cm³/mol. The molecule has 0 radical (unpaired) electrons. The summed E-state index contributed by atoms with van der Waals surface area (Å²) >= 11 is 1.44. The molecule has 6 heteroatoms. The van der Waals surface area contributed by atoms with Gasteiger partial charge >= 0.3 is 0 Å². The summed E-state index contributed by atoms with van der Waals surface area (Å²) in [5.41, 5.74) is 1.52. The van der Waals surface area contributed by atoms with Crippen LogP contribution in [0, 0.1) is 22.7 Å². The van der Waals surface area contributed by atoms with Crippen LogP contribution in [0.25, 0.3) is 6.08 Å². The second-order valence-electron chi connectivity index (χ2n) is 5.17. The monoisotopic (exact) mass is 323 g/mol. The maximum atomic E-state index is 12.3. The lowest BCUT2D eigenvalue weighted by atomic mass is 9.96. The Morgan fingerprint density at radius 3 is 2.87 bits per heavy atom. The zero-order chi connectivity index (χ0) is 16.2. The van der Waals surface area contributed by atoms with E-state index in [1.54, 1.807) is 12.1 Å². The van der Waals surface area contributed by atoms with Gasteiger partial charge < -0.3 is 9.73 Å². The summed E-state index contributed by atoms with van der Waals surface area (Å²) in [6, 6.07) is 7.40. The van der Waals surface area contributed by atoms with E-state index in [9.17, 15) is 15.3 Å². The minimum atomic E-state index is -0.529. The quantitative estimate of drug-likeness (QED) is 0.689. The molecule has 5 nitrogen and oxygen atoms in total. The molecule has 0 fully saturated rings. The molecular weight excluding hydrogens is 310 g/mol. The summed E-state index contributed by atoms with van der Waals surface area (Å²) in [6.07, 6.45) is 6.84. The fourth-order valence-electron chi connectivity index (χ4n) is 2.61. The number of nitrogens with one attached hydrogen (secondary N) is 1. The van der Waals surface area contributed by atoms with Gasteiger partial charge in [0.1, 0.15) is 28.5 Å². The zero-order valence-corrected chi connectivity index (χ0v) is 13.1. The number of anilines is 1. The van der Waals surface area contributed by atoms with E-state index in [-0.39, 0.29) is 5.57 Å². The lowest BCUT2D eigenvalue weighted by Crippen LogP contribution is -2.13. The van der Waals surface area contributed by atoms with Crippen molar-refractivity contribution in [2.45, 2.75) is 25.7 Å². The van der Waals surface area contributed by atoms with Gasteiger partial charge in [0, 0.05) is 11.0 Å². The average molecular weight is 323 g/mol. The van der Waals surface area contributed by atoms with Crippen LogP contribution in [0.4, 0.5) is 5.00 Å². The fourth-order valence-corrected chi connectivity index (χ4v) is 3.84. The number of hydrogen-bond acceptors (Lipinski definition) is 5. The number of hydrogen-bond donors (Lipinski definition) is 1. The largest absolute Gasteiger partial charge is 0.465 e. The fraction of sp³-hybridized carbons (Fsp3) is 0.235. The number of nitrogens with zero attached hydrogens (tertiary/aromatic N) is 2. The van der Waals surface area contributed by atoms with Gasteiger partial charge in [-0.1, -0.05) is 0 Å². The van der Waals surface area contributed by atoms with E-state index in [1.807, 2.05) is 6.07 Å². The first-order valence-electron chi connectivity index (χ1n) is 7.24. The van der Waals surface area contributed by atoms with Crippen LogP contribution in [0.1, 0.15) is 34.6 Å². The Morgan fingerprint density at radius 1 is 1.35 bits per heavy atom. The van der Waals surface area contributed by atoms with Gasteiger partial charge in [0.2, 0.25) is 0 Å². The molecule has 3 rings (SSSR count). The number of fused-ring (bicyclic) bond motifs is 1. The molecule has 0 bridgehead atoms. The SMILES string of the molecule is N#C/C(=C\c1ccco1)C(=O)Nc1sc2c(c1C#N)CCCC2.